The topological polar surface area (TPSA) is 41.6 Å². The summed E-state index contributed by atoms with van der Waals surface area (Å²) < 4.78 is 18.5. The lowest BCUT2D eigenvalue weighted by Gasteiger charge is -2.24. The van der Waals surface area contributed by atoms with Crippen molar-refractivity contribution in [2.24, 2.45) is 0 Å². The Hall–Kier alpha value is -1.49. The lowest BCUT2D eigenvalue weighted by atomic mass is 10.2. The zero-order valence-electron chi connectivity index (χ0n) is 12.5. The number of hydrogen-bond donors (Lipinski definition) is 1. The number of rotatable bonds is 2. The molecule has 1 aromatic rings. The Morgan fingerprint density at radius 3 is 2.81 bits per heavy atom. The minimum atomic E-state index is -0.493. The van der Waals surface area contributed by atoms with E-state index >= 15 is 0 Å². The molecule has 1 heterocycles. The fourth-order valence-electron chi connectivity index (χ4n) is 2.19. The average molecular weight is 315 g/mol. The maximum absolute atomic E-state index is 13.1. The van der Waals surface area contributed by atoms with Crippen molar-refractivity contribution in [1.82, 2.24) is 4.90 Å². The summed E-state index contributed by atoms with van der Waals surface area (Å²) in [6.45, 7) is 6.73. The van der Waals surface area contributed by atoms with Gasteiger partial charge in [-0.2, -0.15) is 0 Å². The van der Waals surface area contributed by atoms with E-state index in [1.54, 1.807) is 17.0 Å². The molecular formula is C15H20ClFN2O2. The van der Waals surface area contributed by atoms with Crippen LogP contribution < -0.4 is 5.32 Å². The van der Waals surface area contributed by atoms with Gasteiger partial charge in [-0.25, -0.2) is 9.18 Å². The zero-order chi connectivity index (χ0) is 15.6. The van der Waals surface area contributed by atoms with Crippen molar-refractivity contribution in [3.05, 3.63) is 29.0 Å². The molecule has 6 heteroatoms. The predicted molar refractivity (Wildman–Crippen MR) is 81.2 cm³/mol. The Balaban J connectivity index is 1.90. The standard InChI is InChI=1S/C15H20ClFN2O2/c1-15(2,3)21-14(20)19-7-6-11(9-19)18-10-4-5-13(17)12(16)8-10/h4-5,8,11,18H,6-7,9H2,1-3H3/t11-/m0/s1. The Bertz CT molecular complexity index is 531. The molecule has 1 aromatic carbocycles. The summed E-state index contributed by atoms with van der Waals surface area (Å²) in [5, 5.41) is 3.34. The highest BCUT2D eigenvalue weighted by Gasteiger charge is 2.29. The van der Waals surface area contributed by atoms with Crippen molar-refractivity contribution < 1.29 is 13.9 Å². The van der Waals surface area contributed by atoms with Crippen LogP contribution in [0, 0.1) is 5.82 Å². The molecule has 1 aliphatic rings. The Morgan fingerprint density at radius 1 is 1.48 bits per heavy atom. The van der Waals surface area contributed by atoms with Crippen LogP contribution in [0.15, 0.2) is 18.2 Å². The second kappa shape index (κ2) is 6.10. The van der Waals surface area contributed by atoms with E-state index in [1.807, 2.05) is 20.8 Å². The van der Waals surface area contributed by atoms with Gasteiger partial charge in [0.15, 0.2) is 0 Å². The van der Waals surface area contributed by atoms with E-state index in [0.717, 1.165) is 12.1 Å². The van der Waals surface area contributed by atoms with Gasteiger partial charge >= 0.3 is 6.09 Å². The molecule has 1 amide bonds. The van der Waals surface area contributed by atoms with Crippen LogP contribution in [-0.4, -0.2) is 35.7 Å². The maximum Gasteiger partial charge on any atom is 0.410 e. The van der Waals surface area contributed by atoms with E-state index < -0.39 is 11.4 Å². The minimum Gasteiger partial charge on any atom is -0.444 e. The Kier molecular flexibility index (Phi) is 4.61. The van der Waals surface area contributed by atoms with Gasteiger partial charge < -0.3 is 15.0 Å². The van der Waals surface area contributed by atoms with E-state index in [2.05, 4.69) is 5.32 Å². The first kappa shape index (κ1) is 15.9. The molecule has 1 N–H and O–H groups in total. The first-order chi connectivity index (χ1) is 9.74. The van der Waals surface area contributed by atoms with Crippen LogP contribution in [0.25, 0.3) is 0 Å². The van der Waals surface area contributed by atoms with Gasteiger partial charge in [0.1, 0.15) is 11.4 Å². The fraction of sp³-hybridized carbons (Fsp3) is 0.533. The summed E-state index contributed by atoms with van der Waals surface area (Å²) in [4.78, 5) is 13.6. The summed E-state index contributed by atoms with van der Waals surface area (Å²) >= 11 is 5.75. The third-order valence-electron chi connectivity index (χ3n) is 3.13. The third kappa shape index (κ3) is 4.49. The third-order valence-corrected chi connectivity index (χ3v) is 3.42. The fourth-order valence-corrected chi connectivity index (χ4v) is 2.37. The minimum absolute atomic E-state index is 0.0852. The second-order valence-corrected chi connectivity index (χ2v) is 6.59. The van der Waals surface area contributed by atoms with E-state index in [4.69, 9.17) is 16.3 Å². The molecule has 0 aromatic heterocycles. The van der Waals surface area contributed by atoms with Crippen LogP contribution >= 0.6 is 11.6 Å². The van der Waals surface area contributed by atoms with E-state index in [-0.39, 0.29) is 17.2 Å². The molecule has 1 saturated heterocycles. The molecule has 1 fully saturated rings. The zero-order valence-corrected chi connectivity index (χ0v) is 13.2. The first-order valence-electron chi connectivity index (χ1n) is 6.94. The van der Waals surface area contributed by atoms with E-state index in [9.17, 15) is 9.18 Å². The number of ether oxygens (including phenoxy) is 1. The lowest BCUT2D eigenvalue weighted by molar-refractivity contribution is 0.0293. The van der Waals surface area contributed by atoms with Gasteiger partial charge in [-0.1, -0.05) is 11.6 Å². The smallest absolute Gasteiger partial charge is 0.410 e. The molecule has 0 aliphatic carbocycles. The van der Waals surface area contributed by atoms with Gasteiger partial charge in [0, 0.05) is 24.8 Å². The molecule has 0 unspecified atom stereocenters. The molecule has 116 valence electrons. The Morgan fingerprint density at radius 2 is 2.19 bits per heavy atom. The number of nitrogens with zero attached hydrogens (tertiary/aromatic N) is 1. The molecule has 21 heavy (non-hydrogen) atoms. The largest absolute Gasteiger partial charge is 0.444 e. The molecule has 2 rings (SSSR count). The lowest BCUT2D eigenvalue weighted by Crippen LogP contribution is -2.36. The number of hydrogen-bond acceptors (Lipinski definition) is 3. The predicted octanol–water partition coefficient (Wildman–Crippen LogP) is 3.90. The van der Waals surface area contributed by atoms with Crippen LogP contribution in [0.2, 0.25) is 5.02 Å². The SMILES string of the molecule is CC(C)(C)OC(=O)N1CC[C@H](Nc2ccc(F)c(Cl)c2)C1. The molecule has 0 spiro atoms. The van der Waals surface area contributed by atoms with Crippen LogP contribution in [-0.2, 0) is 4.74 Å². The molecule has 0 saturated carbocycles. The van der Waals surface area contributed by atoms with Gasteiger partial charge in [-0.05, 0) is 45.4 Å². The van der Waals surface area contributed by atoms with Gasteiger partial charge in [0.05, 0.1) is 5.02 Å². The van der Waals surface area contributed by atoms with E-state index in [1.165, 1.54) is 6.07 Å². The van der Waals surface area contributed by atoms with Gasteiger partial charge in [-0.15, -0.1) is 0 Å². The summed E-state index contributed by atoms with van der Waals surface area (Å²) in [6, 6.07) is 4.62. The van der Waals surface area contributed by atoms with Crippen LogP contribution in [0.5, 0.6) is 0 Å². The molecular weight excluding hydrogens is 295 g/mol. The van der Waals surface area contributed by atoms with Crippen molar-refractivity contribution in [2.45, 2.75) is 38.8 Å². The van der Waals surface area contributed by atoms with Crippen molar-refractivity contribution in [3.8, 4) is 0 Å². The number of carbonyl (C=O) groups is 1. The van der Waals surface area contributed by atoms with Crippen molar-refractivity contribution in [1.29, 1.82) is 0 Å². The summed E-state index contributed by atoms with van der Waals surface area (Å²) in [5.74, 6) is -0.441. The van der Waals surface area contributed by atoms with E-state index in [0.29, 0.717) is 13.1 Å². The second-order valence-electron chi connectivity index (χ2n) is 6.19. The summed E-state index contributed by atoms with van der Waals surface area (Å²) in [5.41, 5.74) is 0.255. The molecule has 0 bridgehead atoms. The van der Waals surface area contributed by atoms with Crippen LogP contribution in [0.4, 0.5) is 14.9 Å². The molecule has 1 aliphatic heterocycles. The Labute approximate surface area is 129 Å². The number of halogens is 2. The molecule has 4 nitrogen and oxygen atoms in total. The first-order valence-corrected chi connectivity index (χ1v) is 7.32. The van der Waals surface area contributed by atoms with Crippen molar-refractivity contribution in [2.75, 3.05) is 18.4 Å². The number of benzene rings is 1. The number of amides is 1. The molecule has 1 atom stereocenters. The van der Waals surface area contributed by atoms with Crippen LogP contribution in [0.3, 0.4) is 0 Å². The number of likely N-dealkylation sites (tertiary alicyclic amines) is 1. The summed E-state index contributed by atoms with van der Waals surface area (Å²) in [7, 11) is 0. The highest BCUT2D eigenvalue weighted by atomic mass is 35.5. The maximum atomic E-state index is 13.1. The quantitative estimate of drug-likeness (QED) is 0.900. The van der Waals surface area contributed by atoms with Gasteiger partial charge in [-0.3, -0.25) is 0 Å². The normalized spacial score (nSPS) is 18.7. The highest BCUT2D eigenvalue weighted by molar-refractivity contribution is 6.31. The van der Waals surface area contributed by atoms with Gasteiger partial charge in [0.2, 0.25) is 0 Å². The summed E-state index contributed by atoms with van der Waals surface area (Å²) in [6.07, 6.45) is 0.512. The number of nitrogens with one attached hydrogen (secondary N) is 1. The van der Waals surface area contributed by atoms with Gasteiger partial charge in [0.25, 0.3) is 0 Å². The highest BCUT2D eigenvalue weighted by Crippen LogP contribution is 2.22. The average Bonchev–Trinajstić information content (AvgIpc) is 2.80. The van der Waals surface area contributed by atoms with Crippen LogP contribution in [0.1, 0.15) is 27.2 Å². The van der Waals surface area contributed by atoms with Crippen molar-refractivity contribution in [3.63, 3.8) is 0 Å². The monoisotopic (exact) mass is 314 g/mol. The van der Waals surface area contributed by atoms with Crippen molar-refractivity contribution >= 4 is 23.4 Å². The molecule has 0 radical (unpaired) electrons. The number of carbonyl (C=O) groups excluding carboxylic acids is 1. The number of anilines is 1.